The van der Waals surface area contributed by atoms with Gasteiger partial charge >= 0.3 is 0 Å². The van der Waals surface area contributed by atoms with E-state index in [2.05, 4.69) is 44.7 Å². The summed E-state index contributed by atoms with van der Waals surface area (Å²) in [5.74, 6) is 1.26. The zero-order valence-electron chi connectivity index (χ0n) is 23.2. The molecule has 37 heavy (non-hydrogen) atoms. The molecule has 0 amide bonds. The summed E-state index contributed by atoms with van der Waals surface area (Å²) in [6, 6.07) is 6.39. The first-order valence-corrected chi connectivity index (χ1v) is 14.4. The van der Waals surface area contributed by atoms with Gasteiger partial charge in [-0.1, -0.05) is 39.7 Å². The minimum absolute atomic E-state index is 0.236. The maximum absolute atomic E-state index is 12.8. The van der Waals surface area contributed by atoms with E-state index in [0.717, 1.165) is 70.2 Å². The summed E-state index contributed by atoms with van der Waals surface area (Å²) in [6.07, 6.45) is 10.6. The Morgan fingerprint density at radius 3 is 2.65 bits per heavy atom. The third-order valence-corrected chi connectivity index (χ3v) is 8.60. The Kier molecular flexibility index (Phi) is 8.85. The minimum atomic E-state index is -0.551. The van der Waals surface area contributed by atoms with Crippen LogP contribution in [0.1, 0.15) is 112 Å². The monoisotopic (exact) mass is 505 g/mol. The van der Waals surface area contributed by atoms with E-state index in [1.54, 1.807) is 0 Å². The first-order chi connectivity index (χ1) is 17.8. The normalized spacial score (nSPS) is 24.6. The molecule has 0 saturated carbocycles. The number of halogens is 1. The van der Waals surface area contributed by atoms with Crippen molar-refractivity contribution in [3.05, 3.63) is 51.6 Å². The molecule has 200 valence electrons. The van der Waals surface area contributed by atoms with Gasteiger partial charge < -0.3 is 5.73 Å². The number of hydrogen-bond acceptors (Lipinski definition) is 5. The summed E-state index contributed by atoms with van der Waals surface area (Å²) < 4.78 is 12.8. The van der Waals surface area contributed by atoms with Crippen molar-refractivity contribution in [1.82, 2.24) is 14.9 Å². The van der Waals surface area contributed by atoms with Crippen LogP contribution in [0.5, 0.6) is 0 Å². The third-order valence-electron chi connectivity index (χ3n) is 8.60. The second-order valence-electron chi connectivity index (χ2n) is 11.4. The van der Waals surface area contributed by atoms with Gasteiger partial charge in [-0.15, -0.1) is 0 Å². The summed E-state index contributed by atoms with van der Waals surface area (Å²) in [6.45, 7) is 10.5. The summed E-state index contributed by atoms with van der Waals surface area (Å²) in [4.78, 5) is 12.0. The molecule has 1 aliphatic carbocycles. The average Bonchev–Trinajstić information content (AvgIpc) is 3.37. The molecule has 0 radical (unpaired) electrons. The van der Waals surface area contributed by atoms with Crippen LogP contribution in [0, 0.1) is 11.3 Å². The molecule has 3 heterocycles. The molecular formula is C31H44FN5. The van der Waals surface area contributed by atoms with Gasteiger partial charge in [-0.25, -0.2) is 14.4 Å². The first-order valence-electron chi connectivity index (χ1n) is 14.4. The van der Waals surface area contributed by atoms with Crippen LogP contribution in [-0.4, -0.2) is 39.7 Å². The van der Waals surface area contributed by atoms with E-state index in [-0.39, 0.29) is 5.54 Å². The van der Waals surface area contributed by atoms with Crippen LogP contribution >= 0.6 is 0 Å². The maximum Gasteiger partial charge on any atom is 0.128 e. The van der Waals surface area contributed by atoms with Crippen LogP contribution < -0.4 is 5.73 Å². The van der Waals surface area contributed by atoms with Gasteiger partial charge in [0.15, 0.2) is 0 Å². The number of anilines is 1. The summed E-state index contributed by atoms with van der Waals surface area (Å²) in [5.41, 5.74) is 13.9. The van der Waals surface area contributed by atoms with E-state index < -0.39 is 6.17 Å². The van der Waals surface area contributed by atoms with E-state index in [9.17, 15) is 9.65 Å². The van der Waals surface area contributed by atoms with Crippen LogP contribution in [0.25, 0.3) is 0 Å². The van der Waals surface area contributed by atoms with E-state index in [1.165, 1.54) is 40.9 Å². The fourth-order valence-electron chi connectivity index (χ4n) is 6.76. The maximum atomic E-state index is 12.8. The number of benzene rings is 1. The number of aryl methyl sites for hydroxylation is 3. The van der Waals surface area contributed by atoms with Gasteiger partial charge in [-0.05, 0) is 93.5 Å². The molecule has 1 aromatic carbocycles. The molecule has 3 aliphatic rings. The molecule has 2 saturated heterocycles. The summed E-state index contributed by atoms with van der Waals surface area (Å²) in [5, 5.41) is 9.76. The second kappa shape index (κ2) is 11.9. The minimum Gasteiger partial charge on any atom is -0.398 e. The average molecular weight is 506 g/mol. The van der Waals surface area contributed by atoms with Gasteiger partial charge in [0.25, 0.3) is 0 Å². The lowest BCUT2D eigenvalue weighted by Crippen LogP contribution is -2.34. The number of hydrogen-bond donors (Lipinski definition) is 1. The van der Waals surface area contributed by atoms with Crippen molar-refractivity contribution < 1.29 is 4.39 Å². The summed E-state index contributed by atoms with van der Waals surface area (Å²) >= 11 is 0. The number of nitriles is 1. The van der Waals surface area contributed by atoms with Crippen LogP contribution in [0.4, 0.5) is 10.1 Å². The van der Waals surface area contributed by atoms with E-state index in [4.69, 9.17) is 15.7 Å². The molecule has 2 fully saturated rings. The molecular weight excluding hydrogens is 461 g/mol. The zero-order valence-corrected chi connectivity index (χ0v) is 23.2. The Morgan fingerprint density at radius 2 is 1.97 bits per heavy atom. The van der Waals surface area contributed by atoms with Gasteiger partial charge in [-0.2, -0.15) is 5.26 Å². The van der Waals surface area contributed by atoms with Crippen molar-refractivity contribution in [3.8, 4) is 6.07 Å². The first kappa shape index (κ1) is 27.5. The van der Waals surface area contributed by atoms with E-state index in [0.29, 0.717) is 23.7 Å². The molecule has 5 rings (SSSR count). The quantitative estimate of drug-likeness (QED) is 0.469. The van der Waals surface area contributed by atoms with Crippen molar-refractivity contribution in [1.29, 1.82) is 5.26 Å². The molecule has 1 aromatic heterocycles. The topological polar surface area (TPSA) is 78.8 Å². The molecule has 5 nitrogen and oxygen atoms in total. The Balaban J connectivity index is 0.000000265. The van der Waals surface area contributed by atoms with Gasteiger partial charge in [-0.3, -0.25) is 4.90 Å². The van der Waals surface area contributed by atoms with Crippen molar-refractivity contribution in [3.63, 3.8) is 0 Å². The zero-order chi connectivity index (χ0) is 26.6. The van der Waals surface area contributed by atoms with Crippen molar-refractivity contribution >= 4 is 5.69 Å². The number of aromatic nitrogens is 2. The molecule has 2 aromatic rings. The molecule has 2 N–H and O–H groups in total. The van der Waals surface area contributed by atoms with Crippen molar-refractivity contribution in [2.75, 3.05) is 18.8 Å². The number of nitrogens with zero attached hydrogens (tertiary/aromatic N) is 4. The van der Waals surface area contributed by atoms with Gasteiger partial charge in [0, 0.05) is 35.6 Å². The fourth-order valence-corrected chi connectivity index (χ4v) is 6.76. The van der Waals surface area contributed by atoms with Gasteiger partial charge in [0.05, 0.1) is 5.56 Å². The van der Waals surface area contributed by atoms with E-state index in [1.807, 2.05) is 6.07 Å². The lowest BCUT2D eigenvalue weighted by molar-refractivity contribution is 0.217. The molecule has 3 atom stereocenters. The number of rotatable bonds is 6. The van der Waals surface area contributed by atoms with Crippen LogP contribution in [0.2, 0.25) is 0 Å². The number of nitrogen functional groups attached to an aromatic ring is 1. The smallest absolute Gasteiger partial charge is 0.128 e. The second-order valence-corrected chi connectivity index (χ2v) is 11.4. The lowest BCUT2D eigenvalue weighted by Gasteiger charge is -2.28. The highest BCUT2D eigenvalue weighted by atomic mass is 19.1. The Hall–Kier alpha value is -2.52. The Labute approximate surface area is 222 Å². The van der Waals surface area contributed by atoms with Crippen molar-refractivity contribution in [2.24, 2.45) is 0 Å². The predicted octanol–water partition coefficient (Wildman–Crippen LogP) is 6.25. The molecule has 3 unspecified atom stereocenters. The van der Waals surface area contributed by atoms with Crippen molar-refractivity contribution in [2.45, 2.75) is 116 Å². The third kappa shape index (κ3) is 5.82. The Bertz CT molecular complexity index is 1140. The highest BCUT2D eigenvalue weighted by molar-refractivity contribution is 5.62. The number of fused-ring (bicyclic) bond motifs is 2. The molecule has 0 bridgehead atoms. The number of nitrogens with two attached hydrogens (primary N) is 1. The standard InChI is InChI=1S/C23H30N4.C8H14FN/c1-4-7-15-10-12-19(25)18(14-24)23(15)16-9-11-17-20(8-5-2)26-22(6-3)27-21(17)13-16;1-8-3-2-4-10(8)6-7(9)5-8/h10,12,16H,4-9,11,13,25H2,1-3H3;7H,2-6H2,1H3. The Morgan fingerprint density at radius 1 is 1.19 bits per heavy atom. The highest BCUT2D eigenvalue weighted by Crippen LogP contribution is 2.40. The predicted molar refractivity (Wildman–Crippen MR) is 148 cm³/mol. The van der Waals surface area contributed by atoms with Crippen LogP contribution in [0.3, 0.4) is 0 Å². The number of alkyl halides is 1. The molecule has 0 spiro atoms. The molecule has 6 heteroatoms. The van der Waals surface area contributed by atoms with E-state index >= 15 is 0 Å². The summed E-state index contributed by atoms with van der Waals surface area (Å²) in [7, 11) is 0. The SMILES string of the molecule is CC12CCCN1CC(F)C2.CCCc1ccc(N)c(C#N)c1C1CCc2c(CCC)nc(CC)nc2C1. The largest absolute Gasteiger partial charge is 0.398 e. The van der Waals surface area contributed by atoms with Gasteiger partial charge in [0.2, 0.25) is 0 Å². The van der Waals surface area contributed by atoms with Gasteiger partial charge in [0.1, 0.15) is 18.1 Å². The lowest BCUT2D eigenvalue weighted by atomic mass is 9.77. The fraction of sp³-hybridized carbons (Fsp3) is 0.645. The van der Waals surface area contributed by atoms with Crippen LogP contribution in [0.15, 0.2) is 12.1 Å². The molecule has 2 aliphatic heterocycles. The van der Waals surface area contributed by atoms with Crippen LogP contribution in [-0.2, 0) is 32.1 Å². The highest BCUT2D eigenvalue weighted by Gasteiger charge is 2.44.